The van der Waals surface area contributed by atoms with Gasteiger partial charge in [0, 0.05) is 32.0 Å². The summed E-state index contributed by atoms with van der Waals surface area (Å²) < 4.78 is 11.1. The lowest BCUT2D eigenvalue weighted by Gasteiger charge is -2.30. The number of nitrogens with zero attached hydrogens (tertiary/aromatic N) is 6. The summed E-state index contributed by atoms with van der Waals surface area (Å²) in [6.07, 6.45) is 5.43. The van der Waals surface area contributed by atoms with E-state index in [-0.39, 0.29) is 30.9 Å². The quantitative estimate of drug-likeness (QED) is 0.435. The van der Waals surface area contributed by atoms with Crippen LogP contribution in [0.1, 0.15) is 32.1 Å². The van der Waals surface area contributed by atoms with Crippen molar-refractivity contribution in [2.75, 3.05) is 31.1 Å². The van der Waals surface area contributed by atoms with E-state index in [0.717, 1.165) is 11.3 Å². The summed E-state index contributed by atoms with van der Waals surface area (Å²) in [6.45, 7) is 3.70. The number of hydrogen-bond donors (Lipinski definition) is 0. The van der Waals surface area contributed by atoms with E-state index in [2.05, 4.69) is 20.2 Å². The van der Waals surface area contributed by atoms with Crippen LogP contribution in [0.3, 0.4) is 0 Å². The predicted octanol–water partition coefficient (Wildman–Crippen LogP) is 2.79. The van der Waals surface area contributed by atoms with E-state index in [1.165, 1.54) is 11.3 Å². The fourth-order valence-corrected chi connectivity index (χ4v) is 4.30. The fraction of sp³-hybridized carbons (Fsp3) is 0.455. The van der Waals surface area contributed by atoms with E-state index in [9.17, 15) is 9.59 Å². The summed E-state index contributed by atoms with van der Waals surface area (Å²) in [6, 6.07) is 5.58. The summed E-state index contributed by atoms with van der Waals surface area (Å²) in [7, 11) is 0. The third-order valence-electron chi connectivity index (χ3n) is 5.37. The molecule has 0 unspecified atom stereocenters. The van der Waals surface area contributed by atoms with E-state index in [1.807, 2.05) is 29.3 Å². The Morgan fingerprint density at radius 3 is 2.70 bits per heavy atom. The third-order valence-corrected chi connectivity index (χ3v) is 6.23. The molecular formula is C22H26N6O4S. The van der Waals surface area contributed by atoms with E-state index in [1.54, 1.807) is 23.4 Å². The van der Waals surface area contributed by atoms with Gasteiger partial charge in [0.15, 0.2) is 6.61 Å². The van der Waals surface area contributed by atoms with Gasteiger partial charge in [-0.05, 0) is 36.8 Å². The second kappa shape index (κ2) is 11.0. The van der Waals surface area contributed by atoms with Gasteiger partial charge in [-0.15, -0.1) is 21.5 Å². The summed E-state index contributed by atoms with van der Waals surface area (Å²) in [5.41, 5.74) is 0. The highest BCUT2D eigenvalue weighted by molar-refractivity contribution is 7.13. The monoisotopic (exact) mass is 470 g/mol. The van der Waals surface area contributed by atoms with Crippen LogP contribution in [0.2, 0.25) is 0 Å². The fourth-order valence-electron chi connectivity index (χ4n) is 3.65. The van der Waals surface area contributed by atoms with Crippen molar-refractivity contribution in [3.8, 4) is 10.8 Å². The molecule has 4 rings (SSSR count). The molecule has 4 heterocycles. The van der Waals surface area contributed by atoms with Crippen molar-refractivity contribution in [1.29, 1.82) is 0 Å². The van der Waals surface area contributed by atoms with Crippen LogP contribution in [0.5, 0.6) is 0 Å². The van der Waals surface area contributed by atoms with Crippen molar-refractivity contribution in [3.63, 3.8) is 0 Å². The van der Waals surface area contributed by atoms with Crippen LogP contribution in [0.15, 0.2) is 40.4 Å². The molecule has 33 heavy (non-hydrogen) atoms. The molecule has 1 saturated heterocycles. The second-order valence-electron chi connectivity index (χ2n) is 7.71. The maximum atomic E-state index is 12.7. The molecule has 0 spiro atoms. The molecule has 0 N–H and O–H groups in total. The summed E-state index contributed by atoms with van der Waals surface area (Å²) >= 11 is 1.50. The van der Waals surface area contributed by atoms with Crippen LogP contribution in [0.25, 0.3) is 10.8 Å². The normalized spacial score (nSPS) is 14.3. The zero-order chi connectivity index (χ0) is 23.0. The highest BCUT2D eigenvalue weighted by atomic mass is 32.1. The topological polar surface area (TPSA) is 115 Å². The molecule has 1 aliphatic rings. The number of anilines is 1. The molecule has 0 bridgehead atoms. The number of carbonyl (C=O) groups is 2. The standard InChI is InChI=1S/C22H26N6O4S/c1-2-10-28(14-18-25-26-20(32-18)17-5-3-13-33-17)19(29)15-31-21(30)16-6-11-27(12-7-16)22-23-8-4-9-24-22/h3-5,8-9,13,16H,2,6-7,10-12,14-15H2,1H3. The summed E-state index contributed by atoms with van der Waals surface area (Å²) in [5, 5.41) is 10.0. The number of ether oxygens (including phenoxy) is 1. The van der Waals surface area contributed by atoms with Crippen molar-refractivity contribution in [1.82, 2.24) is 25.1 Å². The van der Waals surface area contributed by atoms with E-state index in [0.29, 0.717) is 50.2 Å². The number of amides is 1. The maximum Gasteiger partial charge on any atom is 0.309 e. The van der Waals surface area contributed by atoms with Gasteiger partial charge < -0.3 is 19.0 Å². The molecule has 0 saturated carbocycles. The highest BCUT2D eigenvalue weighted by Crippen LogP contribution is 2.24. The SMILES string of the molecule is CCCN(Cc1nnc(-c2cccs2)o1)C(=O)COC(=O)C1CCN(c2ncccn2)CC1. The average Bonchev–Trinajstić information content (AvgIpc) is 3.55. The Bertz CT molecular complexity index is 1030. The largest absolute Gasteiger partial charge is 0.455 e. The molecule has 11 heteroatoms. The van der Waals surface area contributed by atoms with E-state index < -0.39 is 0 Å². The van der Waals surface area contributed by atoms with Crippen molar-refractivity contribution >= 4 is 29.2 Å². The van der Waals surface area contributed by atoms with Crippen molar-refractivity contribution < 1.29 is 18.7 Å². The molecule has 1 fully saturated rings. The van der Waals surface area contributed by atoms with Gasteiger partial charge in [0.2, 0.25) is 11.8 Å². The predicted molar refractivity (Wildman–Crippen MR) is 121 cm³/mol. The van der Waals surface area contributed by atoms with Gasteiger partial charge in [-0.1, -0.05) is 13.0 Å². The van der Waals surface area contributed by atoms with Crippen LogP contribution in [-0.2, 0) is 20.9 Å². The molecule has 0 aliphatic carbocycles. The smallest absolute Gasteiger partial charge is 0.309 e. The Hall–Kier alpha value is -3.34. The highest BCUT2D eigenvalue weighted by Gasteiger charge is 2.28. The first-order chi connectivity index (χ1) is 16.1. The van der Waals surface area contributed by atoms with Crippen LogP contribution < -0.4 is 4.90 Å². The van der Waals surface area contributed by atoms with Gasteiger partial charge in [0.05, 0.1) is 17.3 Å². The van der Waals surface area contributed by atoms with Gasteiger partial charge in [-0.3, -0.25) is 9.59 Å². The molecule has 3 aromatic rings. The molecule has 10 nitrogen and oxygen atoms in total. The van der Waals surface area contributed by atoms with Crippen LogP contribution in [0, 0.1) is 5.92 Å². The second-order valence-corrected chi connectivity index (χ2v) is 8.66. The number of rotatable bonds is 9. The molecule has 0 atom stereocenters. The molecule has 3 aromatic heterocycles. The maximum absolute atomic E-state index is 12.7. The Morgan fingerprint density at radius 1 is 1.21 bits per heavy atom. The lowest BCUT2D eigenvalue weighted by atomic mass is 9.97. The minimum absolute atomic E-state index is 0.179. The van der Waals surface area contributed by atoms with Gasteiger partial charge >= 0.3 is 5.97 Å². The number of piperidine rings is 1. The molecule has 0 radical (unpaired) electrons. The number of esters is 1. The van der Waals surface area contributed by atoms with Gasteiger partial charge in [-0.2, -0.15) is 0 Å². The minimum atomic E-state index is -0.341. The number of thiophene rings is 1. The van der Waals surface area contributed by atoms with Crippen molar-refractivity contribution in [2.45, 2.75) is 32.7 Å². The average molecular weight is 471 g/mol. The number of aromatic nitrogens is 4. The van der Waals surface area contributed by atoms with E-state index in [4.69, 9.17) is 9.15 Å². The molecule has 174 valence electrons. The van der Waals surface area contributed by atoms with Crippen molar-refractivity contribution in [2.24, 2.45) is 5.92 Å². The number of carbonyl (C=O) groups excluding carboxylic acids is 2. The molecular weight excluding hydrogens is 444 g/mol. The van der Waals surface area contributed by atoms with Crippen molar-refractivity contribution in [3.05, 3.63) is 41.9 Å². The van der Waals surface area contributed by atoms with Gasteiger partial charge in [0.25, 0.3) is 11.8 Å². The molecule has 1 aliphatic heterocycles. The number of hydrogen-bond acceptors (Lipinski definition) is 10. The minimum Gasteiger partial charge on any atom is -0.455 e. The zero-order valence-electron chi connectivity index (χ0n) is 18.4. The van der Waals surface area contributed by atoms with Gasteiger partial charge in [-0.25, -0.2) is 9.97 Å². The Balaban J connectivity index is 1.26. The van der Waals surface area contributed by atoms with Crippen LogP contribution in [0.4, 0.5) is 5.95 Å². The first-order valence-electron chi connectivity index (χ1n) is 11.0. The van der Waals surface area contributed by atoms with E-state index >= 15 is 0 Å². The lowest BCUT2D eigenvalue weighted by Crippen LogP contribution is -2.39. The van der Waals surface area contributed by atoms with Crippen LogP contribution in [-0.4, -0.2) is 63.2 Å². The Labute approximate surface area is 195 Å². The first kappa shape index (κ1) is 22.8. The Morgan fingerprint density at radius 2 is 2.00 bits per heavy atom. The third kappa shape index (κ3) is 5.92. The molecule has 1 amide bonds. The zero-order valence-corrected chi connectivity index (χ0v) is 19.2. The van der Waals surface area contributed by atoms with Crippen LogP contribution >= 0.6 is 11.3 Å². The first-order valence-corrected chi connectivity index (χ1v) is 11.8. The molecule has 0 aromatic carbocycles. The lowest BCUT2D eigenvalue weighted by molar-refractivity contribution is -0.156. The summed E-state index contributed by atoms with van der Waals surface area (Å²) in [4.78, 5) is 38.3. The Kier molecular flexibility index (Phi) is 7.61. The summed E-state index contributed by atoms with van der Waals surface area (Å²) in [5.74, 6) is 0.589. The van der Waals surface area contributed by atoms with Gasteiger partial charge in [0.1, 0.15) is 0 Å².